The SMILES string of the molecule is CCOc1ccc([C@@H]2C(C(=O)OC)=CN=c3s/c(=C\c4cc(Br)c(OCc5ccc6c(c5)OCO6)c(I)c4)c(=O)n32)cc1OCC. The number of ether oxygens (including phenoxy) is 6. The predicted octanol–water partition coefficient (Wildman–Crippen LogP) is 5.49. The van der Waals surface area contributed by atoms with Gasteiger partial charge in [0.15, 0.2) is 27.8 Å². The minimum Gasteiger partial charge on any atom is -0.490 e. The Kier molecular flexibility index (Phi) is 9.70. The summed E-state index contributed by atoms with van der Waals surface area (Å²) in [7, 11) is 1.30. The smallest absolute Gasteiger partial charge is 0.337 e. The summed E-state index contributed by atoms with van der Waals surface area (Å²) in [6.45, 7) is 5.20. The van der Waals surface area contributed by atoms with Gasteiger partial charge in [0.2, 0.25) is 6.79 Å². The number of rotatable bonds is 10. The highest BCUT2D eigenvalue weighted by molar-refractivity contribution is 14.1. The van der Waals surface area contributed by atoms with Crippen LogP contribution in [0.3, 0.4) is 0 Å². The van der Waals surface area contributed by atoms with Gasteiger partial charge in [-0.1, -0.05) is 23.5 Å². The van der Waals surface area contributed by atoms with Crippen molar-refractivity contribution in [2.45, 2.75) is 26.5 Å². The summed E-state index contributed by atoms with van der Waals surface area (Å²) < 4.78 is 37.2. The van der Waals surface area contributed by atoms with Gasteiger partial charge in [0.1, 0.15) is 12.4 Å². The van der Waals surface area contributed by atoms with Gasteiger partial charge < -0.3 is 28.4 Å². The van der Waals surface area contributed by atoms with Crippen molar-refractivity contribution in [3.63, 3.8) is 0 Å². The first kappa shape index (κ1) is 32.1. The molecule has 0 amide bonds. The van der Waals surface area contributed by atoms with E-state index in [4.69, 9.17) is 28.4 Å². The summed E-state index contributed by atoms with van der Waals surface area (Å²) in [5, 5.41) is 0. The number of hydrogen-bond acceptors (Lipinski definition) is 10. The van der Waals surface area contributed by atoms with E-state index in [9.17, 15) is 9.59 Å². The molecule has 46 heavy (non-hydrogen) atoms. The van der Waals surface area contributed by atoms with Gasteiger partial charge in [0, 0.05) is 6.20 Å². The Bertz CT molecular complexity index is 2020. The van der Waals surface area contributed by atoms with Crippen LogP contribution < -0.4 is 38.6 Å². The molecule has 10 nitrogen and oxygen atoms in total. The first-order valence-corrected chi connectivity index (χ1v) is 17.0. The number of carbonyl (C=O) groups excluding carboxylic acids is 1. The van der Waals surface area contributed by atoms with Crippen LogP contribution in [0.25, 0.3) is 6.08 Å². The largest absolute Gasteiger partial charge is 0.490 e. The molecule has 0 saturated heterocycles. The summed E-state index contributed by atoms with van der Waals surface area (Å²) in [6.07, 6.45) is 3.27. The van der Waals surface area contributed by atoms with Crippen molar-refractivity contribution < 1.29 is 33.2 Å². The van der Waals surface area contributed by atoms with E-state index >= 15 is 0 Å². The lowest BCUT2D eigenvalue weighted by Crippen LogP contribution is -2.39. The molecule has 1 atom stereocenters. The zero-order valence-electron chi connectivity index (χ0n) is 25.0. The van der Waals surface area contributed by atoms with Crippen molar-refractivity contribution in [2.24, 2.45) is 4.99 Å². The van der Waals surface area contributed by atoms with Crippen molar-refractivity contribution in [1.82, 2.24) is 4.57 Å². The average molecular weight is 819 g/mol. The predicted molar refractivity (Wildman–Crippen MR) is 184 cm³/mol. The summed E-state index contributed by atoms with van der Waals surface area (Å²) in [5.41, 5.74) is 2.34. The lowest BCUT2D eigenvalue weighted by molar-refractivity contribution is -0.136. The average Bonchev–Trinajstić information content (AvgIpc) is 3.64. The van der Waals surface area contributed by atoms with Gasteiger partial charge in [-0.3, -0.25) is 9.36 Å². The quantitative estimate of drug-likeness (QED) is 0.153. The number of fused-ring (bicyclic) bond motifs is 2. The van der Waals surface area contributed by atoms with E-state index in [1.54, 1.807) is 18.2 Å². The Labute approximate surface area is 290 Å². The van der Waals surface area contributed by atoms with Gasteiger partial charge in [-0.2, -0.15) is 0 Å². The van der Waals surface area contributed by atoms with Gasteiger partial charge in [-0.15, -0.1) is 0 Å². The highest BCUT2D eigenvalue weighted by Crippen LogP contribution is 2.37. The summed E-state index contributed by atoms with van der Waals surface area (Å²) in [4.78, 5) is 31.8. The molecule has 238 valence electrons. The van der Waals surface area contributed by atoms with E-state index in [0.717, 1.165) is 24.9 Å². The fourth-order valence-corrected chi connectivity index (χ4v) is 7.86. The van der Waals surface area contributed by atoms with E-state index in [1.165, 1.54) is 29.2 Å². The Morgan fingerprint density at radius 1 is 1.07 bits per heavy atom. The van der Waals surface area contributed by atoms with Crippen LogP contribution in [-0.2, 0) is 16.1 Å². The van der Waals surface area contributed by atoms with E-state index in [2.05, 4.69) is 43.5 Å². The topological polar surface area (TPSA) is 107 Å². The molecule has 0 spiro atoms. The number of methoxy groups -OCH3 is 1. The third-order valence-electron chi connectivity index (χ3n) is 7.15. The minimum absolute atomic E-state index is 0.214. The zero-order chi connectivity index (χ0) is 32.4. The van der Waals surface area contributed by atoms with E-state index < -0.39 is 12.0 Å². The number of thiazole rings is 1. The van der Waals surface area contributed by atoms with Crippen LogP contribution in [0.5, 0.6) is 28.7 Å². The van der Waals surface area contributed by atoms with Crippen LogP contribution in [0.1, 0.15) is 36.6 Å². The molecular formula is C33H28BrIN2O8S. The highest BCUT2D eigenvalue weighted by Gasteiger charge is 2.31. The summed E-state index contributed by atoms with van der Waals surface area (Å²) >= 11 is 7.10. The van der Waals surface area contributed by atoms with Crippen LogP contribution in [0.15, 0.2) is 74.6 Å². The van der Waals surface area contributed by atoms with E-state index in [-0.39, 0.29) is 17.9 Å². The van der Waals surface area contributed by atoms with Crippen molar-refractivity contribution in [3.05, 3.63) is 105 Å². The molecular weight excluding hydrogens is 791 g/mol. The number of halogens is 2. The second-order valence-electron chi connectivity index (χ2n) is 10.0. The van der Waals surface area contributed by atoms with Crippen LogP contribution in [0.2, 0.25) is 0 Å². The molecule has 3 aromatic carbocycles. The van der Waals surface area contributed by atoms with Crippen molar-refractivity contribution in [3.8, 4) is 28.7 Å². The molecule has 0 aliphatic carbocycles. The number of aromatic nitrogens is 1. The fourth-order valence-electron chi connectivity index (χ4n) is 5.13. The molecule has 4 aromatic rings. The van der Waals surface area contributed by atoms with Crippen molar-refractivity contribution in [2.75, 3.05) is 27.1 Å². The van der Waals surface area contributed by atoms with Gasteiger partial charge in [-0.25, -0.2) is 9.79 Å². The molecule has 0 radical (unpaired) electrons. The Morgan fingerprint density at radius 2 is 1.85 bits per heavy atom. The summed E-state index contributed by atoms with van der Waals surface area (Å²) in [6, 6.07) is 14.2. The Balaban J connectivity index is 1.34. The molecule has 13 heteroatoms. The maximum Gasteiger partial charge on any atom is 0.337 e. The van der Waals surface area contributed by atoms with Crippen LogP contribution in [0.4, 0.5) is 0 Å². The maximum atomic E-state index is 14.0. The number of hydrogen-bond donors (Lipinski definition) is 0. The zero-order valence-corrected chi connectivity index (χ0v) is 29.6. The maximum absolute atomic E-state index is 14.0. The van der Waals surface area contributed by atoms with Gasteiger partial charge in [0.05, 0.1) is 44.5 Å². The number of carbonyl (C=O) groups is 1. The second kappa shape index (κ2) is 13.9. The van der Waals surface area contributed by atoms with Crippen LogP contribution in [-0.4, -0.2) is 37.7 Å². The Morgan fingerprint density at radius 3 is 2.61 bits per heavy atom. The monoisotopic (exact) mass is 818 g/mol. The van der Waals surface area contributed by atoms with Crippen LogP contribution in [0, 0.1) is 3.57 Å². The van der Waals surface area contributed by atoms with E-state index in [1.807, 2.05) is 50.2 Å². The highest BCUT2D eigenvalue weighted by atomic mass is 127. The Hall–Kier alpha value is -3.82. The first-order valence-electron chi connectivity index (χ1n) is 14.3. The first-order chi connectivity index (χ1) is 22.3. The lowest BCUT2D eigenvalue weighted by atomic mass is 9.97. The molecule has 0 saturated carbocycles. The second-order valence-corrected chi connectivity index (χ2v) is 13.1. The number of benzene rings is 3. The molecule has 1 aromatic heterocycles. The van der Waals surface area contributed by atoms with Gasteiger partial charge in [0.25, 0.3) is 5.56 Å². The fraction of sp³-hybridized carbons (Fsp3) is 0.242. The minimum atomic E-state index is -0.778. The molecule has 0 N–H and O–H groups in total. The van der Waals surface area contributed by atoms with Crippen LogP contribution >= 0.6 is 49.9 Å². The molecule has 0 bridgehead atoms. The normalized spacial score (nSPS) is 15.1. The van der Waals surface area contributed by atoms with Gasteiger partial charge in [-0.05, 0) is 112 Å². The molecule has 0 fully saturated rings. The lowest BCUT2D eigenvalue weighted by Gasteiger charge is -2.23. The number of nitrogens with zero attached hydrogens (tertiary/aromatic N) is 2. The van der Waals surface area contributed by atoms with Crippen molar-refractivity contribution in [1.29, 1.82) is 0 Å². The number of esters is 1. The van der Waals surface area contributed by atoms with E-state index in [0.29, 0.717) is 57.7 Å². The molecule has 3 heterocycles. The third-order valence-corrected chi connectivity index (χ3v) is 9.53. The van der Waals surface area contributed by atoms with Crippen molar-refractivity contribution >= 4 is 61.9 Å². The molecule has 6 rings (SSSR count). The third kappa shape index (κ3) is 6.40. The molecule has 0 unspecified atom stereocenters. The molecule has 2 aliphatic rings. The summed E-state index contributed by atoms with van der Waals surface area (Å²) in [5.74, 6) is 2.62. The van der Waals surface area contributed by atoms with Gasteiger partial charge >= 0.3 is 5.97 Å². The standard InChI is InChI=1S/C33H28BrIN2O8S/c1-4-41-24-9-7-20(14-27(24)42-5-2)29-21(32(39)40-3)15-36-33-37(29)31(38)28(46-33)13-19-10-22(34)30(23(35)11-19)43-16-18-6-8-25-26(12-18)45-17-44-25/h6-15,29H,4-5,16-17H2,1-3H3/b28-13-/t29-/m1/s1. The molecule has 2 aliphatic heterocycles.